The number of likely N-dealkylation sites (tertiary alicyclic amines) is 1. The van der Waals surface area contributed by atoms with Crippen LogP contribution < -0.4 is 11.5 Å². The van der Waals surface area contributed by atoms with Gasteiger partial charge >= 0.3 is 0 Å². The SMILES string of the molecule is CN1CCC(c2cccc(N)c2N)CC1. The molecule has 1 aromatic rings. The Bertz CT molecular complexity index is 341. The van der Waals surface area contributed by atoms with Crippen LogP contribution in [0.25, 0.3) is 0 Å². The van der Waals surface area contributed by atoms with Crippen LogP contribution in [0.1, 0.15) is 24.3 Å². The molecule has 1 heterocycles. The summed E-state index contributed by atoms with van der Waals surface area (Å²) in [4.78, 5) is 2.36. The van der Waals surface area contributed by atoms with Gasteiger partial charge in [0, 0.05) is 0 Å². The van der Waals surface area contributed by atoms with E-state index in [0.29, 0.717) is 11.6 Å². The molecule has 3 heteroatoms. The molecule has 0 aromatic heterocycles. The van der Waals surface area contributed by atoms with Gasteiger partial charge in [0.1, 0.15) is 0 Å². The van der Waals surface area contributed by atoms with Crippen LogP contribution in [0.4, 0.5) is 11.4 Å². The Morgan fingerprint density at radius 1 is 1.20 bits per heavy atom. The van der Waals surface area contributed by atoms with Gasteiger partial charge < -0.3 is 16.4 Å². The molecule has 0 bridgehead atoms. The second-order valence-corrected chi connectivity index (χ2v) is 4.43. The number of anilines is 2. The van der Waals surface area contributed by atoms with Gasteiger partial charge in [0.25, 0.3) is 0 Å². The minimum atomic E-state index is 0.588. The Balaban J connectivity index is 2.19. The maximum absolute atomic E-state index is 6.01. The highest BCUT2D eigenvalue weighted by atomic mass is 15.1. The molecule has 4 N–H and O–H groups in total. The highest BCUT2D eigenvalue weighted by molar-refractivity contribution is 5.68. The number of nitrogen functional groups attached to an aromatic ring is 2. The van der Waals surface area contributed by atoms with Crippen molar-refractivity contribution in [3.8, 4) is 0 Å². The van der Waals surface area contributed by atoms with Gasteiger partial charge in [-0.25, -0.2) is 0 Å². The quantitative estimate of drug-likeness (QED) is 0.686. The maximum atomic E-state index is 6.01. The average molecular weight is 205 g/mol. The average Bonchev–Trinajstić information content (AvgIpc) is 2.24. The molecule has 0 atom stereocenters. The van der Waals surface area contributed by atoms with Crippen LogP contribution in [0, 0.1) is 0 Å². The summed E-state index contributed by atoms with van der Waals surface area (Å²) < 4.78 is 0. The first-order valence-electron chi connectivity index (χ1n) is 5.51. The Morgan fingerprint density at radius 2 is 1.87 bits per heavy atom. The summed E-state index contributed by atoms with van der Waals surface area (Å²) in [5.41, 5.74) is 14.6. The summed E-state index contributed by atoms with van der Waals surface area (Å²) in [7, 11) is 2.17. The van der Waals surface area contributed by atoms with Crippen molar-refractivity contribution in [1.82, 2.24) is 4.90 Å². The fourth-order valence-electron chi connectivity index (χ4n) is 2.28. The molecule has 0 radical (unpaired) electrons. The van der Waals surface area contributed by atoms with E-state index in [-0.39, 0.29) is 0 Å². The summed E-state index contributed by atoms with van der Waals surface area (Å²) in [6, 6.07) is 5.98. The standard InChI is InChI=1S/C12H19N3/c1-15-7-5-9(6-8-15)10-3-2-4-11(13)12(10)14/h2-4,9H,5-8,13-14H2,1H3. The lowest BCUT2D eigenvalue weighted by atomic mass is 9.88. The number of benzene rings is 1. The van der Waals surface area contributed by atoms with Crippen molar-refractivity contribution in [2.75, 3.05) is 31.6 Å². The summed E-state index contributed by atoms with van der Waals surface area (Å²) in [5.74, 6) is 0.588. The van der Waals surface area contributed by atoms with Crippen LogP contribution in [0.15, 0.2) is 18.2 Å². The van der Waals surface area contributed by atoms with Crippen molar-refractivity contribution in [1.29, 1.82) is 0 Å². The van der Waals surface area contributed by atoms with Crippen LogP contribution >= 0.6 is 0 Å². The third-order valence-electron chi connectivity index (χ3n) is 3.33. The van der Waals surface area contributed by atoms with Crippen molar-refractivity contribution >= 4 is 11.4 Å². The Labute approximate surface area is 91.1 Å². The molecule has 1 fully saturated rings. The summed E-state index contributed by atoms with van der Waals surface area (Å²) in [6.45, 7) is 2.30. The first-order valence-corrected chi connectivity index (χ1v) is 5.51. The van der Waals surface area contributed by atoms with Gasteiger partial charge in [0.15, 0.2) is 0 Å². The summed E-state index contributed by atoms with van der Waals surface area (Å²) in [5, 5.41) is 0. The molecule has 1 aliphatic rings. The highest BCUT2D eigenvalue weighted by Crippen LogP contribution is 2.33. The Hall–Kier alpha value is -1.22. The number of para-hydroxylation sites is 1. The Morgan fingerprint density at radius 3 is 2.53 bits per heavy atom. The van der Waals surface area contributed by atoms with E-state index in [1.165, 1.54) is 18.4 Å². The smallest absolute Gasteiger partial charge is 0.0583 e. The van der Waals surface area contributed by atoms with E-state index < -0.39 is 0 Å². The fraction of sp³-hybridized carbons (Fsp3) is 0.500. The van der Waals surface area contributed by atoms with Crippen molar-refractivity contribution < 1.29 is 0 Å². The number of hydrogen-bond acceptors (Lipinski definition) is 3. The van der Waals surface area contributed by atoms with Gasteiger partial charge in [-0.3, -0.25) is 0 Å². The largest absolute Gasteiger partial charge is 0.397 e. The number of hydrogen-bond donors (Lipinski definition) is 2. The van der Waals surface area contributed by atoms with Gasteiger partial charge in [0.2, 0.25) is 0 Å². The van der Waals surface area contributed by atoms with Gasteiger partial charge in [-0.05, 0) is 50.5 Å². The normalized spacial score (nSPS) is 19.3. The van der Waals surface area contributed by atoms with Crippen molar-refractivity contribution in [2.45, 2.75) is 18.8 Å². The van der Waals surface area contributed by atoms with E-state index in [0.717, 1.165) is 18.8 Å². The second kappa shape index (κ2) is 4.11. The lowest BCUT2D eigenvalue weighted by Crippen LogP contribution is -2.29. The first-order chi connectivity index (χ1) is 7.18. The number of piperidine rings is 1. The number of rotatable bonds is 1. The van der Waals surface area contributed by atoms with Crippen LogP contribution in [-0.2, 0) is 0 Å². The van der Waals surface area contributed by atoms with E-state index in [1.807, 2.05) is 12.1 Å². The molecular weight excluding hydrogens is 186 g/mol. The zero-order valence-electron chi connectivity index (χ0n) is 9.24. The van der Waals surface area contributed by atoms with Gasteiger partial charge in [-0.15, -0.1) is 0 Å². The molecule has 0 aliphatic carbocycles. The van der Waals surface area contributed by atoms with Crippen molar-refractivity contribution in [3.63, 3.8) is 0 Å². The highest BCUT2D eigenvalue weighted by Gasteiger charge is 2.20. The first kappa shape index (κ1) is 10.3. The maximum Gasteiger partial charge on any atom is 0.0583 e. The molecule has 2 rings (SSSR count). The molecule has 0 saturated carbocycles. The minimum absolute atomic E-state index is 0.588. The number of nitrogens with two attached hydrogens (primary N) is 2. The van der Waals surface area contributed by atoms with Gasteiger partial charge in [-0.1, -0.05) is 12.1 Å². The van der Waals surface area contributed by atoms with E-state index in [4.69, 9.17) is 11.5 Å². The van der Waals surface area contributed by atoms with E-state index in [2.05, 4.69) is 18.0 Å². The van der Waals surface area contributed by atoms with E-state index >= 15 is 0 Å². The molecule has 3 nitrogen and oxygen atoms in total. The molecule has 0 unspecified atom stereocenters. The zero-order valence-corrected chi connectivity index (χ0v) is 9.24. The Kier molecular flexibility index (Phi) is 2.82. The topological polar surface area (TPSA) is 55.3 Å². The third kappa shape index (κ3) is 2.07. The lowest BCUT2D eigenvalue weighted by molar-refractivity contribution is 0.255. The fourth-order valence-corrected chi connectivity index (χ4v) is 2.28. The second-order valence-electron chi connectivity index (χ2n) is 4.43. The van der Waals surface area contributed by atoms with Gasteiger partial charge in [0.05, 0.1) is 11.4 Å². The van der Waals surface area contributed by atoms with Crippen molar-refractivity contribution in [2.24, 2.45) is 0 Å². The predicted octanol–water partition coefficient (Wildman–Crippen LogP) is 1.66. The van der Waals surface area contributed by atoms with Crippen LogP contribution in [-0.4, -0.2) is 25.0 Å². The zero-order chi connectivity index (χ0) is 10.8. The lowest BCUT2D eigenvalue weighted by Gasteiger charge is -2.30. The molecule has 1 aliphatic heterocycles. The van der Waals surface area contributed by atoms with Crippen LogP contribution in [0.2, 0.25) is 0 Å². The molecule has 0 amide bonds. The van der Waals surface area contributed by atoms with Gasteiger partial charge in [-0.2, -0.15) is 0 Å². The molecule has 15 heavy (non-hydrogen) atoms. The van der Waals surface area contributed by atoms with Crippen molar-refractivity contribution in [3.05, 3.63) is 23.8 Å². The molecule has 82 valence electrons. The molecule has 1 aromatic carbocycles. The van der Waals surface area contributed by atoms with E-state index in [1.54, 1.807) is 0 Å². The summed E-state index contributed by atoms with van der Waals surface area (Å²) in [6.07, 6.45) is 2.37. The number of nitrogens with zero attached hydrogens (tertiary/aromatic N) is 1. The molecular formula is C12H19N3. The van der Waals surface area contributed by atoms with Crippen LogP contribution in [0.3, 0.4) is 0 Å². The monoisotopic (exact) mass is 205 g/mol. The third-order valence-corrected chi connectivity index (χ3v) is 3.33. The molecule has 0 spiro atoms. The van der Waals surface area contributed by atoms with Crippen LogP contribution in [0.5, 0.6) is 0 Å². The molecule has 1 saturated heterocycles. The van der Waals surface area contributed by atoms with E-state index in [9.17, 15) is 0 Å². The predicted molar refractivity (Wildman–Crippen MR) is 64.7 cm³/mol. The minimum Gasteiger partial charge on any atom is -0.397 e. The summed E-state index contributed by atoms with van der Waals surface area (Å²) >= 11 is 0.